The van der Waals surface area contributed by atoms with Crippen LogP contribution in [0.15, 0.2) is 24.3 Å². The van der Waals surface area contributed by atoms with Gasteiger partial charge < -0.3 is 19.7 Å². The molecule has 1 aromatic carbocycles. The molecule has 0 amide bonds. The average molecular weight is 421 g/mol. The van der Waals surface area contributed by atoms with Crippen molar-refractivity contribution in [2.45, 2.75) is 32.1 Å². The molecule has 0 bridgehead atoms. The fourth-order valence-corrected chi connectivity index (χ4v) is 3.97. The van der Waals surface area contributed by atoms with Gasteiger partial charge >= 0.3 is 0 Å². The Hall–Kier alpha value is -2.12. The van der Waals surface area contributed by atoms with Crippen LogP contribution in [0.4, 0.5) is 21.7 Å². The van der Waals surface area contributed by atoms with Crippen LogP contribution in [0.3, 0.4) is 0 Å². The van der Waals surface area contributed by atoms with E-state index in [1.807, 2.05) is 24.3 Å². The van der Waals surface area contributed by atoms with E-state index in [2.05, 4.69) is 20.2 Å². The summed E-state index contributed by atoms with van der Waals surface area (Å²) in [5.74, 6) is -0.145. The lowest BCUT2D eigenvalue weighted by Gasteiger charge is -2.28. The highest BCUT2D eigenvalue weighted by Crippen LogP contribution is 2.28. The van der Waals surface area contributed by atoms with Gasteiger partial charge in [-0.2, -0.15) is 14.4 Å². The second-order valence-corrected chi connectivity index (χ2v) is 7.90. The van der Waals surface area contributed by atoms with Crippen LogP contribution in [0, 0.1) is 11.7 Å². The molecule has 2 heterocycles. The maximum Gasteiger partial charge on any atom is 0.257 e. The second-order valence-electron chi connectivity index (χ2n) is 7.54. The van der Waals surface area contributed by atoms with Crippen LogP contribution in [0.2, 0.25) is 5.15 Å². The van der Waals surface area contributed by atoms with Gasteiger partial charge in [-0.3, -0.25) is 0 Å². The maximum absolute atomic E-state index is 14.3. The van der Waals surface area contributed by atoms with Crippen LogP contribution in [0.25, 0.3) is 0 Å². The Morgan fingerprint density at radius 3 is 2.55 bits per heavy atom. The molecule has 0 atom stereocenters. The van der Waals surface area contributed by atoms with Gasteiger partial charge in [0.1, 0.15) is 0 Å². The molecule has 2 aromatic rings. The third-order valence-corrected chi connectivity index (χ3v) is 5.71. The highest BCUT2D eigenvalue weighted by Gasteiger charge is 2.19. The Balaban J connectivity index is 1.41. The molecule has 1 aliphatic heterocycles. The van der Waals surface area contributed by atoms with Crippen LogP contribution in [-0.4, -0.2) is 42.9 Å². The Labute approximate surface area is 175 Å². The average Bonchev–Trinajstić information content (AvgIpc) is 2.77. The summed E-state index contributed by atoms with van der Waals surface area (Å²) in [5.41, 5.74) is 1.93. The normalized spacial score (nSPS) is 17.9. The van der Waals surface area contributed by atoms with E-state index in [0.717, 1.165) is 50.5 Å². The molecule has 1 aromatic heterocycles. The predicted octanol–water partition coefficient (Wildman–Crippen LogP) is 4.81. The lowest BCUT2D eigenvalue weighted by atomic mass is 9.90. The van der Waals surface area contributed by atoms with Crippen molar-refractivity contribution in [3.8, 4) is 5.88 Å². The molecule has 2 aliphatic rings. The quantitative estimate of drug-likeness (QED) is 0.677. The van der Waals surface area contributed by atoms with Crippen LogP contribution >= 0.6 is 11.6 Å². The number of hydrogen-bond acceptors (Lipinski definition) is 6. The first-order valence-corrected chi connectivity index (χ1v) is 10.6. The van der Waals surface area contributed by atoms with Crippen molar-refractivity contribution in [1.29, 1.82) is 0 Å². The summed E-state index contributed by atoms with van der Waals surface area (Å²) in [7, 11) is 0. The summed E-state index contributed by atoms with van der Waals surface area (Å²) in [6, 6.07) is 7.93. The Morgan fingerprint density at radius 2 is 1.83 bits per heavy atom. The largest absolute Gasteiger partial charge is 0.475 e. The number of nitrogens with zero attached hydrogens (tertiary/aromatic N) is 3. The number of hydrogen-bond donors (Lipinski definition) is 1. The van der Waals surface area contributed by atoms with Crippen molar-refractivity contribution < 1.29 is 13.9 Å². The molecular weight excluding hydrogens is 395 g/mol. The minimum atomic E-state index is -0.712. The van der Waals surface area contributed by atoms with Crippen molar-refractivity contribution >= 4 is 28.9 Å². The Bertz CT molecular complexity index is 809. The fraction of sp³-hybridized carbons (Fsp3) is 0.524. The zero-order valence-electron chi connectivity index (χ0n) is 16.4. The molecule has 1 saturated carbocycles. The summed E-state index contributed by atoms with van der Waals surface area (Å²) >= 11 is 5.97. The predicted molar refractivity (Wildman–Crippen MR) is 112 cm³/mol. The SMILES string of the molecule is Fc1c(Cl)nc(Nc2ccc(N3CCOCC3)cc2)nc1OCC1CCCCC1. The summed E-state index contributed by atoms with van der Waals surface area (Å²) in [5, 5.41) is 2.84. The van der Waals surface area contributed by atoms with Gasteiger partial charge in [0.05, 0.1) is 19.8 Å². The van der Waals surface area contributed by atoms with Gasteiger partial charge in [-0.05, 0) is 43.0 Å². The number of rotatable bonds is 6. The molecule has 6 nitrogen and oxygen atoms in total. The van der Waals surface area contributed by atoms with Gasteiger partial charge in [-0.15, -0.1) is 0 Å². The van der Waals surface area contributed by atoms with Crippen LogP contribution < -0.4 is 15.0 Å². The molecule has 156 valence electrons. The topological polar surface area (TPSA) is 59.5 Å². The van der Waals surface area contributed by atoms with Crippen molar-refractivity contribution in [3.05, 3.63) is 35.2 Å². The van der Waals surface area contributed by atoms with Crippen LogP contribution in [0.1, 0.15) is 32.1 Å². The molecule has 2 fully saturated rings. The zero-order chi connectivity index (χ0) is 20.1. The van der Waals surface area contributed by atoms with Crippen molar-refractivity contribution in [2.75, 3.05) is 43.1 Å². The third-order valence-electron chi connectivity index (χ3n) is 5.46. The van der Waals surface area contributed by atoms with Gasteiger partial charge in [0, 0.05) is 24.5 Å². The standard InChI is InChI=1S/C21H26ClFN4O2/c22-19-18(23)20(29-14-15-4-2-1-3-5-15)26-21(25-19)24-16-6-8-17(9-7-16)27-10-12-28-13-11-27/h6-9,15H,1-5,10-14H2,(H,24,25,26). The maximum atomic E-state index is 14.3. The first-order valence-electron chi connectivity index (χ1n) is 10.2. The van der Waals surface area contributed by atoms with Crippen molar-refractivity contribution in [1.82, 2.24) is 9.97 Å². The van der Waals surface area contributed by atoms with Gasteiger partial charge in [0.15, 0.2) is 5.15 Å². The van der Waals surface area contributed by atoms with Gasteiger partial charge in [-0.1, -0.05) is 30.9 Å². The lowest BCUT2D eigenvalue weighted by molar-refractivity contribution is 0.122. The number of anilines is 3. The number of morpholine rings is 1. The fourth-order valence-electron chi connectivity index (χ4n) is 3.81. The number of nitrogens with one attached hydrogen (secondary N) is 1. The Morgan fingerprint density at radius 1 is 1.10 bits per heavy atom. The van der Waals surface area contributed by atoms with E-state index in [0.29, 0.717) is 12.5 Å². The molecule has 4 rings (SSSR count). The smallest absolute Gasteiger partial charge is 0.257 e. The van der Waals surface area contributed by atoms with E-state index in [4.69, 9.17) is 21.1 Å². The summed E-state index contributed by atoms with van der Waals surface area (Å²) in [4.78, 5) is 10.5. The first kappa shape index (κ1) is 20.2. The molecular formula is C21H26ClFN4O2. The van der Waals surface area contributed by atoms with Gasteiger partial charge in [0.25, 0.3) is 5.88 Å². The molecule has 8 heteroatoms. The molecule has 0 radical (unpaired) electrons. The Kier molecular flexibility index (Phi) is 6.67. The summed E-state index contributed by atoms with van der Waals surface area (Å²) in [6.07, 6.45) is 5.90. The van der Waals surface area contributed by atoms with Crippen molar-refractivity contribution in [2.24, 2.45) is 5.92 Å². The molecule has 1 saturated heterocycles. The monoisotopic (exact) mass is 420 g/mol. The number of aromatic nitrogens is 2. The minimum absolute atomic E-state index is 0.0944. The highest BCUT2D eigenvalue weighted by molar-refractivity contribution is 6.29. The van der Waals surface area contributed by atoms with Crippen LogP contribution in [0.5, 0.6) is 5.88 Å². The molecule has 0 spiro atoms. The summed E-state index contributed by atoms with van der Waals surface area (Å²) in [6.45, 7) is 3.70. The van der Waals surface area contributed by atoms with E-state index >= 15 is 0 Å². The van der Waals surface area contributed by atoms with Gasteiger partial charge in [0.2, 0.25) is 11.8 Å². The lowest BCUT2D eigenvalue weighted by Crippen LogP contribution is -2.36. The minimum Gasteiger partial charge on any atom is -0.475 e. The van der Waals surface area contributed by atoms with Crippen LogP contribution in [-0.2, 0) is 4.74 Å². The van der Waals surface area contributed by atoms with Gasteiger partial charge in [-0.25, -0.2) is 0 Å². The molecule has 29 heavy (non-hydrogen) atoms. The van der Waals surface area contributed by atoms with E-state index in [1.165, 1.54) is 19.3 Å². The second kappa shape index (κ2) is 9.59. The summed E-state index contributed by atoms with van der Waals surface area (Å²) < 4.78 is 25.4. The third kappa shape index (κ3) is 5.28. The van der Waals surface area contributed by atoms with E-state index in [-0.39, 0.29) is 17.0 Å². The first-order chi connectivity index (χ1) is 14.2. The van der Waals surface area contributed by atoms with E-state index < -0.39 is 5.82 Å². The number of ether oxygens (including phenoxy) is 2. The van der Waals surface area contributed by atoms with E-state index in [1.54, 1.807) is 0 Å². The zero-order valence-corrected chi connectivity index (χ0v) is 17.1. The number of halogens is 2. The highest BCUT2D eigenvalue weighted by atomic mass is 35.5. The molecule has 0 unspecified atom stereocenters. The number of benzene rings is 1. The molecule has 1 N–H and O–H groups in total. The van der Waals surface area contributed by atoms with Crippen molar-refractivity contribution in [3.63, 3.8) is 0 Å². The molecule has 1 aliphatic carbocycles. The van der Waals surface area contributed by atoms with E-state index in [9.17, 15) is 4.39 Å².